The quantitative estimate of drug-likeness (QED) is 0.308. The van der Waals surface area contributed by atoms with Crippen LogP contribution in [0.25, 0.3) is 0 Å². The van der Waals surface area contributed by atoms with Crippen LogP contribution in [0.1, 0.15) is 0 Å². The highest BCUT2D eigenvalue weighted by molar-refractivity contribution is 9.67. The van der Waals surface area contributed by atoms with Crippen LogP contribution < -0.4 is 0 Å². The van der Waals surface area contributed by atoms with E-state index < -0.39 is 31.3 Å². The van der Waals surface area contributed by atoms with Gasteiger partial charge in [-0.05, 0) is 134 Å². The third-order valence-corrected chi connectivity index (χ3v) is 95.8. The molecule has 0 radical (unpaired) electrons. The van der Waals surface area contributed by atoms with Crippen molar-refractivity contribution in [1.29, 1.82) is 0 Å². The van der Waals surface area contributed by atoms with Gasteiger partial charge in [0.25, 0.3) is 0 Å². The first-order valence-electron chi connectivity index (χ1n) is 3.37. The van der Waals surface area contributed by atoms with Crippen LogP contribution in [0.15, 0.2) is 0 Å². The van der Waals surface area contributed by atoms with Gasteiger partial charge in [0.2, 0.25) is 0 Å². The van der Waals surface area contributed by atoms with Crippen LogP contribution >= 0.6 is 33.1 Å². The van der Waals surface area contributed by atoms with Gasteiger partial charge in [-0.25, -0.2) is 0 Å². The lowest BCUT2D eigenvalue weighted by Crippen LogP contribution is -2.21. The Bertz CT molecular complexity index is 1030. The molecule has 0 atom stereocenters. The second-order valence-corrected chi connectivity index (χ2v) is 69.0. The van der Waals surface area contributed by atoms with Gasteiger partial charge in [0.1, 0.15) is 0 Å². The maximum absolute atomic E-state index is 5.46. The van der Waals surface area contributed by atoms with E-state index in [2.05, 4.69) is 23.3 Å². The topological polar surface area (TPSA) is 0 Å². The van der Waals surface area contributed by atoms with E-state index in [-0.39, 0.29) is 0 Å². The molecule has 128 valence electrons. The van der Waals surface area contributed by atoms with Crippen LogP contribution in [0, 0.1) is 0 Å². The van der Waals surface area contributed by atoms with E-state index in [0.29, 0.717) is 0 Å². The molecule has 0 aliphatic heterocycles. The van der Waals surface area contributed by atoms with Gasteiger partial charge in [0.05, 0.1) is 0 Å². The zero-order chi connectivity index (χ0) is 17.7. The Morgan fingerprint density at radius 1 is 0.476 bits per heavy atom. The molecule has 0 aromatic rings. The van der Waals surface area contributed by atoms with Crippen molar-refractivity contribution in [3.8, 4) is 0 Å². The summed E-state index contributed by atoms with van der Waals surface area (Å²) >= 11 is 72.1. The minimum absolute atomic E-state index is 0.942. The average molecular weight is 675 g/mol. The van der Waals surface area contributed by atoms with Gasteiger partial charge in [-0.15, -0.1) is 0 Å². The molecule has 0 amide bonds. The predicted octanol–water partition coefficient (Wildman–Crippen LogP) is 1.37. The van der Waals surface area contributed by atoms with E-state index in [1.165, 1.54) is 0 Å². The number of hydrogen-bond donors (Lipinski definition) is 2. The van der Waals surface area contributed by atoms with E-state index in [4.69, 9.17) is 134 Å². The lowest BCUT2D eigenvalue weighted by molar-refractivity contribution is 5.12. The average Bonchev–Trinajstić information content (AvgIpc) is 2.11. The van der Waals surface area contributed by atoms with Crippen LogP contribution in [0.2, 0.25) is 0 Å². The molecule has 0 bridgehead atoms. The summed E-state index contributed by atoms with van der Waals surface area (Å²) in [5.74, 6) is 0. The van der Waals surface area contributed by atoms with Crippen LogP contribution in [0.5, 0.6) is 0 Å². The fraction of sp³-hybridized carbons (Fsp3) is 0. The lowest BCUT2D eigenvalue weighted by Gasteiger charge is -2.24. The smallest absolute Gasteiger partial charge is 0.0446 e. The Balaban J connectivity index is 6.52. The third kappa shape index (κ3) is 6.39. The van der Waals surface area contributed by atoms with Gasteiger partial charge in [-0.3, -0.25) is 0 Å². The van der Waals surface area contributed by atoms with Crippen molar-refractivity contribution < 1.29 is 0 Å². The molecule has 0 heterocycles. The zero-order valence-electron chi connectivity index (χ0n) is 8.65. The van der Waals surface area contributed by atoms with E-state index >= 15 is 0 Å². The normalized spacial score (nSPS) is 15.7. The van der Waals surface area contributed by atoms with Crippen molar-refractivity contribution in [3.05, 3.63) is 0 Å². The van der Waals surface area contributed by atoms with Gasteiger partial charge in [-0.2, -0.15) is 0 Å². The fourth-order valence-corrected chi connectivity index (χ4v) is 92.0. The Hall–Kier alpha value is 5.79. The van der Waals surface area contributed by atoms with Crippen molar-refractivity contribution in [2.45, 2.75) is 0 Å². The van der Waals surface area contributed by atoms with Crippen molar-refractivity contribution >= 4 is 199 Å². The van der Waals surface area contributed by atoms with Gasteiger partial charge in [-0.1, -0.05) is 23.3 Å². The second kappa shape index (κ2) is 8.66. The van der Waals surface area contributed by atoms with E-state index in [0.717, 1.165) is 9.83 Å². The highest BCUT2D eigenvalue weighted by Crippen LogP contribution is 2.39. The predicted molar refractivity (Wildman–Crippen MR) is 158 cm³/mol. The summed E-state index contributed by atoms with van der Waals surface area (Å²) in [4.78, 5) is 0. The van der Waals surface area contributed by atoms with Gasteiger partial charge >= 0.3 is 0 Å². The Kier molecular flexibility index (Phi) is 11.0. The van der Waals surface area contributed by atoms with Gasteiger partial charge < -0.3 is 0 Å². The number of hydrogen-bond acceptors (Lipinski definition) is 13. The first kappa shape index (κ1) is 26.8. The highest BCUT2D eigenvalue weighted by Gasteiger charge is 2.30. The molecular formula is H2S21. The number of rotatable bonds is 6. The third-order valence-electron chi connectivity index (χ3n) is 1.18. The minimum Gasteiger partial charge on any atom is -0.0917 e. The molecule has 0 saturated heterocycles. The van der Waals surface area contributed by atoms with Gasteiger partial charge in [0.15, 0.2) is 0 Å². The first-order valence-corrected chi connectivity index (χ1v) is 30.3. The Morgan fingerprint density at radius 2 is 0.810 bits per heavy atom. The summed E-state index contributed by atoms with van der Waals surface area (Å²) in [5.41, 5.74) is 0. The number of thiol groups is 2. The van der Waals surface area contributed by atoms with Crippen LogP contribution in [-0.2, 0) is 166 Å². The first-order chi connectivity index (χ1) is 8.71. The fourth-order valence-electron chi connectivity index (χ4n) is 0.379. The molecule has 0 unspecified atom stereocenters. The molecule has 0 N–H and O–H groups in total. The summed E-state index contributed by atoms with van der Waals surface area (Å²) < 4.78 is 0. The van der Waals surface area contributed by atoms with Crippen molar-refractivity contribution in [1.82, 2.24) is 0 Å². The molecule has 21 heavy (non-hydrogen) atoms. The summed E-state index contributed by atoms with van der Waals surface area (Å²) in [6.45, 7) is 0. The summed E-state index contributed by atoms with van der Waals surface area (Å²) in [7, 11) is 0.942. The monoisotopic (exact) mass is 673 g/mol. The molecule has 0 nitrogen and oxygen atoms in total. The van der Waals surface area contributed by atoms with E-state index in [1.807, 2.05) is 0 Å². The molecule has 0 saturated carbocycles. The molecule has 0 fully saturated rings. The largest absolute Gasteiger partial charge is 0.0917 e. The van der Waals surface area contributed by atoms with E-state index in [9.17, 15) is 0 Å². The standard InChI is InChI=1S/H2S21/c1-16(2,3)18(7,8)15-19(9,10)21(13,14)20(11,12)17(4,5)6/h(H,1,2,3)(H,4,5,6). The molecular weight excluding hydrogens is 673 g/mol. The Labute approximate surface area is 194 Å². The van der Waals surface area contributed by atoms with E-state index in [1.54, 1.807) is 0 Å². The summed E-state index contributed by atoms with van der Waals surface area (Å²) in [5, 5.41) is -15.2. The van der Waals surface area contributed by atoms with Gasteiger partial charge in [0, 0.05) is 41.1 Å². The zero-order valence-corrected chi connectivity index (χ0v) is 26.0. The molecule has 0 aromatic heterocycles. The SMILES string of the molecule is S=S(=S)(S)S(=S)(=S)SS(=S)(=S)S(=S)(=S)S(=S)(=S)S(=S)(=S)S. The van der Waals surface area contributed by atoms with Crippen molar-refractivity contribution in [3.63, 3.8) is 0 Å². The van der Waals surface area contributed by atoms with Crippen LogP contribution in [0.3, 0.4) is 0 Å². The minimum atomic E-state index is -2.71. The summed E-state index contributed by atoms with van der Waals surface area (Å²) in [6, 6.07) is 0. The Morgan fingerprint density at radius 3 is 1.05 bits per heavy atom. The van der Waals surface area contributed by atoms with Crippen molar-refractivity contribution in [2.75, 3.05) is 0 Å². The molecule has 21 heteroatoms. The molecule has 0 aliphatic rings. The lowest BCUT2D eigenvalue weighted by atomic mass is 29.8. The summed E-state index contributed by atoms with van der Waals surface area (Å²) in [6.07, 6.45) is 0. The second-order valence-electron chi connectivity index (χ2n) is 2.56. The molecule has 0 aromatic carbocycles. The molecule has 0 aliphatic carbocycles. The maximum Gasteiger partial charge on any atom is 0.0446 e. The maximum atomic E-state index is 5.46. The molecule has 0 spiro atoms. The molecule has 0 rings (SSSR count). The highest BCUT2D eigenvalue weighted by atomic mass is 34.3. The van der Waals surface area contributed by atoms with Crippen LogP contribution in [0.4, 0.5) is 0 Å². The van der Waals surface area contributed by atoms with Crippen molar-refractivity contribution in [2.24, 2.45) is 0 Å². The van der Waals surface area contributed by atoms with Crippen LogP contribution in [-0.4, -0.2) is 0 Å².